The maximum absolute atomic E-state index is 12.0. The normalized spacial score (nSPS) is 17.9. The molecule has 0 bridgehead atoms. The number of benzene rings is 1. The first-order chi connectivity index (χ1) is 9.89. The fourth-order valence-corrected chi connectivity index (χ4v) is 2.37. The number of allylic oxidation sites excluding steroid dienone is 1. The molecule has 0 heterocycles. The maximum Gasteiger partial charge on any atom is 0.389 e. The minimum absolute atomic E-state index is 0.0449. The van der Waals surface area contributed by atoms with Crippen LogP contribution >= 0.6 is 0 Å². The van der Waals surface area contributed by atoms with Gasteiger partial charge in [0.15, 0.2) is 0 Å². The van der Waals surface area contributed by atoms with Crippen molar-refractivity contribution in [2.24, 2.45) is 5.92 Å². The molecule has 0 saturated carbocycles. The largest absolute Gasteiger partial charge is 0.494 e. The summed E-state index contributed by atoms with van der Waals surface area (Å²) in [5.41, 5.74) is 2.79. The Bertz CT molecular complexity index is 547. The van der Waals surface area contributed by atoms with Crippen molar-refractivity contribution in [1.29, 1.82) is 0 Å². The van der Waals surface area contributed by atoms with Gasteiger partial charge in [-0.1, -0.05) is 13.0 Å². The van der Waals surface area contributed by atoms with E-state index in [0.717, 1.165) is 29.4 Å². The first kappa shape index (κ1) is 15.6. The van der Waals surface area contributed by atoms with Crippen LogP contribution in [0.5, 0.6) is 5.75 Å². The van der Waals surface area contributed by atoms with Crippen molar-refractivity contribution in [2.75, 3.05) is 6.61 Å². The van der Waals surface area contributed by atoms with Crippen LogP contribution in [0.1, 0.15) is 30.9 Å². The molecular formula is C16H17F3O2. The molecular weight excluding hydrogens is 281 g/mol. The molecule has 0 radical (unpaired) electrons. The van der Waals surface area contributed by atoms with Gasteiger partial charge in [-0.15, -0.1) is 0 Å². The summed E-state index contributed by atoms with van der Waals surface area (Å²) in [6.45, 7) is 2.02. The zero-order valence-corrected chi connectivity index (χ0v) is 11.7. The molecule has 1 aromatic carbocycles. The average molecular weight is 298 g/mol. The van der Waals surface area contributed by atoms with Gasteiger partial charge in [0.05, 0.1) is 6.61 Å². The molecule has 0 spiro atoms. The predicted octanol–water partition coefficient (Wildman–Crippen LogP) is 4.18. The van der Waals surface area contributed by atoms with Crippen LogP contribution in [0.2, 0.25) is 0 Å². The Morgan fingerprint density at radius 2 is 2.14 bits per heavy atom. The molecule has 114 valence electrons. The molecule has 1 aliphatic rings. The van der Waals surface area contributed by atoms with Gasteiger partial charge in [0.25, 0.3) is 0 Å². The van der Waals surface area contributed by atoms with E-state index in [9.17, 15) is 18.0 Å². The third-order valence-corrected chi connectivity index (χ3v) is 3.54. The van der Waals surface area contributed by atoms with Crippen LogP contribution in [0.25, 0.3) is 6.08 Å². The second kappa shape index (κ2) is 6.33. The van der Waals surface area contributed by atoms with Gasteiger partial charge in [-0.05, 0) is 53.7 Å². The molecule has 0 aliphatic heterocycles. The fraction of sp³-hybridized carbons (Fsp3) is 0.438. The van der Waals surface area contributed by atoms with E-state index in [0.29, 0.717) is 5.75 Å². The van der Waals surface area contributed by atoms with E-state index in [-0.39, 0.29) is 18.9 Å². The topological polar surface area (TPSA) is 26.3 Å². The number of carbonyl (C=O) groups excluding carboxylic acids is 1. The van der Waals surface area contributed by atoms with E-state index in [1.807, 2.05) is 25.1 Å². The second-order valence-corrected chi connectivity index (χ2v) is 5.30. The van der Waals surface area contributed by atoms with Crippen LogP contribution in [-0.4, -0.2) is 19.1 Å². The van der Waals surface area contributed by atoms with E-state index in [2.05, 4.69) is 0 Å². The summed E-state index contributed by atoms with van der Waals surface area (Å²) in [6, 6.07) is 5.41. The van der Waals surface area contributed by atoms with Crippen LogP contribution in [-0.2, 0) is 11.2 Å². The highest BCUT2D eigenvalue weighted by Gasteiger charge is 2.26. The Labute approximate surface area is 121 Å². The Hall–Kier alpha value is -1.78. The predicted molar refractivity (Wildman–Crippen MR) is 74.1 cm³/mol. The third-order valence-electron chi connectivity index (χ3n) is 3.54. The minimum Gasteiger partial charge on any atom is -0.494 e. The smallest absolute Gasteiger partial charge is 0.389 e. The number of rotatable bonds is 5. The molecule has 0 amide bonds. The molecule has 0 aromatic heterocycles. The van der Waals surface area contributed by atoms with Gasteiger partial charge in [-0.2, -0.15) is 13.2 Å². The lowest BCUT2D eigenvalue weighted by atomic mass is 9.85. The standard InChI is InChI=1S/C16H17F3O2/c1-11-7-13-9-15(21-6-2-5-16(17,18)19)4-3-12(13)8-14(11)10-20/h3-4,8-11H,2,5-7H2,1H3/t11-/m0/s1. The number of aldehydes is 1. The second-order valence-electron chi connectivity index (χ2n) is 5.30. The lowest BCUT2D eigenvalue weighted by Crippen LogP contribution is -2.12. The summed E-state index contributed by atoms with van der Waals surface area (Å²) in [5, 5.41) is 0. The van der Waals surface area contributed by atoms with E-state index < -0.39 is 12.6 Å². The molecule has 0 fully saturated rings. The monoisotopic (exact) mass is 298 g/mol. The first-order valence-corrected chi connectivity index (χ1v) is 6.88. The van der Waals surface area contributed by atoms with Crippen molar-refractivity contribution in [3.05, 3.63) is 34.9 Å². The van der Waals surface area contributed by atoms with Crippen molar-refractivity contribution in [2.45, 2.75) is 32.4 Å². The summed E-state index contributed by atoms with van der Waals surface area (Å²) in [7, 11) is 0. The molecule has 21 heavy (non-hydrogen) atoms. The van der Waals surface area contributed by atoms with E-state index in [1.165, 1.54) is 0 Å². The highest BCUT2D eigenvalue weighted by molar-refractivity contribution is 5.84. The van der Waals surface area contributed by atoms with E-state index in [4.69, 9.17) is 4.74 Å². The Morgan fingerprint density at radius 1 is 1.38 bits per heavy atom. The van der Waals surface area contributed by atoms with E-state index >= 15 is 0 Å². The first-order valence-electron chi connectivity index (χ1n) is 6.88. The summed E-state index contributed by atoms with van der Waals surface area (Å²) in [5.74, 6) is 0.724. The van der Waals surface area contributed by atoms with Crippen molar-refractivity contribution >= 4 is 12.4 Å². The molecule has 0 N–H and O–H groups in total. The maximum atomic E-state index is 12.0. The van der Waals surface area contributed by atoms with Crippen molar-refractivity contribution in [3.63, 3.8) is 0 Å². The van der Waals surface area contributed by atoms with E-state index in [1.54, 1.807) is 6.07 Å². The van der Waals surface area contributed by atoms with Gasteiger partial charge in [-0.3, -0.25) is 4.79 Å². The minimum atomic E-state index is -4.13. The van der Waals surface area contributed by atoms with Crippen LogP contribution in [0.15, 0.2) is 23.8 Å². The Morgan fingerprint density at radius 3 is 2.81 bits per heavy atom. The van der Waals surface area contributed by atoms with Gasteiger partial charge in [0.1, 0.15) is 12.0 Å². The number of fused-ring (bicyclic) bond motifs is 1. The van der Waals surface area contributed by atoms with Gasteiger partial charge < -0.3 is 4.74 Å². The van der Waals surface area contributed by atoms with Crippen molar-refractivity contribution in [3.8, 4) is 5.75 Å². The number of ether oxygens (including phenoxy) is 1. The van der Waals surface area contributed by atoms with Gasteiger partial charge in [0.2, 0.25) is 0 Å². The van der Waals surface area contributed by atoms with Crippen molar-refractivity contribution in [1.82, 2.24) is 0 Å². The fourth-order valence-electron chi connectivity index (χ4n) is 2.37. The molecule has 1 atom stereocenters. The highest BCUT2D eigenvalue weighted by atomic mass is 19.4. The van der Waals surface area contributed by atoms with Crippen LogP contribution < -0.4 is 4.74 Å². The molecule has 0 unspecified atom stereocenters. The number of halogens is 3. The van der Waals surface area contributed by atoms with Crippen molar-refractivity contribution < 1.29 is 22.7 Å². The summed E-state index contributed by atoms with van der Waals surface area (Å²) >= 11 is 0. The van der Waals surface area contributed by atoms with Gasteiger partial charge in [0, 0.05) is 6.42 Å². The lowest BCUT2D eigenvalue weighted by Gasteiger charge is -2.20. The lowest BCUT2D eigenvalue weighted by molar-refractivity contribution is -0.136. The number of carbonyl (C=O) groups is 1. The summed E-state index contributed by atoms with van der Waals surface area (Å²) in [4.78, 5) is 10.9. The third kappa shape index (κ3) is 4.34. The molecule has 2 rings (SSSR count). The molecule has 1 aliphatic carbocycles. The quantitative estimate of drug-likeness (QED) is 0.602. The number of hydrogen-bond donors (Lipinski definition) is 0. The highest BCUT2D eigenvalue weighted by Crippen LogP contribution is 2.30. The summed E-state index contributed by atoms with van der Waals surface area (Å²) < 4.78 is 41.5. The molecule has 2 nitrogen and oxygen atoms in total. The Kier molecular flexibility index (Phi) is 4.70. The van der Waals surface area contributed by atoms with Crippen LogP contribution in [0.3, 0.4) is 0 Å². The Balaban J connectivity index is 1.98. The molecule has 0 saturated heterocycles. The van der Waals surface area contributed by atoms with Gasteiger partial charge >= 0.3 is 6.18 Å². The number of alkyl halides is 3. The summed E-state index contributed by atoms with van der Waals surface area (Å²) in [6.07, 6.45) is -1.56. The van der Waals surface area contributed by atoms with Gasteiger partial charge in [-0.25, -0.2) is 0 Å². The zero-order valence-electron chi connectivity index (χ0n) is 11.7. The van der Waals surface area contributed by atoms with Crippen LogP contribution in [0, 0.1) is 5.92 Å². The zero-order chi connectivity index (χ0) is 15.5. The average Bonchev–Trinajstić information content (AvgIpc) is 2.41. The molecule has 5 heteroatoms. The SMILES string of the molecule is C[C@H]1Cc2cc(OCCCC(F)(F)F)ccc2C=C1C=O. The number of hydrogen-bond acceptors (Lipinski definition) is 2. The van der Waals surface area contributed by atoms with Crippen LogP contribution in [0.4, 0.5) is 13.2 Å². The molecule has 1 aromatic rings.